The topological polar surface area (TPSA) is 53.0 Å². The van der Waals surface area contributed by atoms with Crippen molar-refractivity contribution in [2.45, 2.75) is 12.5 Å². The highest BCUT2D eigenvalue weighted by molar-refractivity contribution is 5.74. The summed E-state index contributed by atoms with van der Waals surface area (Å²) in [5, 5.41) is 9.62. The zero-order valence-electron chi connectivity index (χ0n) is 14.5. The minimum absolute atomic E-state index is 0.477. The summed E-state index contributed by atoms with van der Waals surface area (Å²) in [4.78, 5) is 16.0. The second-order valence-corrected chi connectivity index (χ2v) is 6.46. The fraction of sp³-hybridized carbons (Fsp3) is 0.350. The number of hydrogen-bond donors (Lipinski definition) is 1. The third-order valence-electron chi connectivity index (χ3n) is 4.60. The van der Waals surface area contributed by atoms with Crippen LogP contribution < -0.4 is 4.74 Å². The van der Waals surface area contributed by atoms with Crippen molar-refractivity contribution in [2.24, 2.45) is 0 Å². The average Bonchev–Trinajstić information content (AvgIpc) is 2.63. The zero-order valence-corrected chi connectivity index (χ0v) is 14.5. The van der Waals surface area contributed by atoms with Gasteiger partial charge in [0.1, 0.15) is 17.5 Å². The van der Waals surface area contributed by atoms with E-state index in [0.717, 1.165) is 43.2 Å². The van der Waals surface area contributed by atoms with Gasteiger partial charge in [0.25, 0.3) is 0 Å². The number of carbonyl (C=O) groups is 1. The van der Waals surface area contributed by atoms with Gasteiger partial charge in [-0.25, -0.2) is 0 Å². The molecule has 1 aliphatic rings. The number of likely N-dealkylation sites (N-methyl/N-ethyl adjacent to an activating group) is 1. The standard InChI is InChI=1S/C20H24N2O3/c1-21-11-13-22(14-12-21)19(20(23)24)15-16-7-9-18(10-8-16)25-17-5-3-2-4-6-17/h2-10,19H,11-15H2,1H3,(H,23,24)/t19-/m0/s1. The summed E-state index contributed by atoms with van der Waals surface area (Å²) in [5.41, 5.74) is 1.01. The van der Waals surface area contributed by atoms with E-state index >= 15 is 0 Å². The van der Waals surface area contributed by atoms with Gasteiger partial charge < -0.3 is 14.7 Å². The lowest BCUT2D eigenvalue weighted by Crippen LogP contribution is -2.52. The van der Waals surface area contributed by atoms with Gasteiger partial charge in [-0.05, 0) is 43.3 Å². The number of nitrogens with zero attached hydrogens (tertiary/aromatic N) is 2. The molecule has 2 aromatic rings. The third-order valence-corrected chi connectivity index (χ3v) is 4.60. The van der Waals surface area contributed by atoms with E-state index in [-0.39, 0.29) is 0 Å². The smallest absolute Gasteiger partial charge is 0.321 e. The number of hydrogen-bond acceptors (Lipinski definition) is 4. The molecule has 0 spiro atoms. The molecule has 0 amide bonds. The number of rotatable bonds is 6. The molecule has 3 rings (SSSR count). The highest BCUT2D eigenvalue weighted by Gasteiger charge is 2.28. The molecule has 132 valence electrons. The van der Waals surface area contributed by atoms with Gasteiger partial charge in [-0.2, -0.15) is 0 Å². The molecule has 2 aromatic carbocycles. The largest absolute Gasteiger partial charge is 0.480 e. The molecule has 0 saturated carbocycles. The number of ether oxygens (including phenoxy) is 1. The van der Waals surface area contributed by atoms with Crippen LogP contribution in [-0.4, -0.2) is 60.1 Å². The van der Waals surface area contributed by atoms with Crippen LogP contribution in [0.3, 0.4) is 0 Å². The minimum atomic E-state index is -0.755. The van der Waals surface area contributed by atoms with Crippen LogP contribution in [0, 0.1) is 0 Å². The van der Waals surface area contributed by atoms with E-state index in [4.69, 9.17) is 4.74 Å². The Morgan fingerprint density at radius 2 is 1.60 bits per heavy atom. The van der Waals surface area contributed by atoms with Gasteiger partial charge in [0.05, 0.1) is 0 Å². The maximum Gasteiger partial charge on any atom is 0.321 e. The number of carboxylic acids is 1. The molecule has 1 aliphatic heterocycles. The maximum absolute atomic E-state index is 11.7. The van der Waals surface area contributed by atoms with E-state index in [1.807, 2.05) is 54.6 Å². The van der Waals surface area contributed by atoms with E-state index in [1.54, 1.807) is 0 Å². The van der Waals surface area contributed by atoms with Crippen LogP contribution in [0.1, 0.15) is 5.56 Å². The second kappa shape index (κ2) is 8.14. The maximum atomic E-state index is 11.7. The predicted molar refractivity (Wildman–Crippen MR) is 97.2 cm³/mol. The quantitative estimate of drug-likeness (QED) is 0.876. The van der Waals surface area contributed by atoms with Crippen molar-refractivity contribution in [3.05, 3.63) is 60.2 Å². The van der Waals surface area contributed by atoms with E-state index < -0.39 is 12.0 Å². The Kier molecular flexibility index (Phi) is 5.68. The van der Waals surface area contributed by atoms with Crippen LogP contribution in [0.5, 0.6) is 11.5 Å². The van der Waals surface area contributed by atoms with E-state index in [1.165, 1.54) is 0 Å². The lowest BCUT2D eigenvalue weighted by Gasteiger charge is -2.36. The zero-order chi connectivity index (χ0) is 17.6. The summed E-state index contributed by atoms with van der Waals surface area (Å²) in [5.74, 6) is 0.784. The van der Waals surface area contributed by atoms with Crippen molar-refractivity contribution < 1.29 is 14.6 Å². The number of benzene rings is 2. The molecular weight excluding hydrogens is 316 g/mol. The van der Waals surface area contributed by atoms with Crippen molar-refractivity contribution in [3.63, 3.8) is 0 Å². The number of para-hydroxylation sites is 1. The van der Waals surface area contributed by atoms with Crippen LogP contribution in [-0.2, 0) is 11.2 Å². The monoisotopic (exact) mass is 340 g/mol. The van der Waals surface area contributed by atoms with Crippen molar-refractivity contribution in [2.75, 3.05) is 33.2 Å². The molecular formula is C20H24N2O3. The van der Waals surface area contributed by atoms with E-state index in [0.29, 0.717) is 6.42 Å². The molecule has 25 heavy (non-hydrogen) atoms. The summed E-state index contributed by atoms with van der Waals surface area (Å²) in [6.45, 7) is 3.41. The Balaban J connectivity index is 1.63. The molecule has 5 heteroatoms. The molecule has 1 saturated heterocycles. The van der Waals surface area contributed by atoms with Gasteiger partial charge in [-0.15, -0.1) is 0 Å². The van der Waals surface area contributed by atoms with Gasteiger partial charge in [0.15, 0.2) is 0 Å². The summed E-state index contributed by atoms with van der Waals surface area (Å²) in [6, 6.07) is 16.8. The third kappa shape index (κ3) is 4.81. The van der Waals surface area contributed by atoms with Crippen molar-refractivity contribution >= 4 is 5.97 Å². The van der Waals surface area contributed by atoms with Gasteiger partial charge in [-0.3, -0.25) is 9.69 Å². The van der Waals surface area contributed by atoms with E-state index in [2.05, 4.69) is 16.8 Å². The molecule has 0 unspecified atom stereocenters. The van der Waals surface area contributed by atoms with Crippen LogP contribution in [0.25, 0.3) is 0 Å². The highest BCUT2D eigenvalue weighted by atomic mass is 16.5. The highest BCUT2D eigenvalue weighted by Crippen LogP contribution is 2.22. The lowest BCUT2D eigenvalue weighted by molar-refractivity contribution is -0.144. The fourth-order valence-corrected chi connectivity index (χ4v) is 3.05. The molecule has 1 atom stereocenters. The first kappa shape index (κ1) is 17.5. The molecule has 0 bridgehead atoms. The van der Waals surface area contributed by atoms with Gasteiger partial charge in [0, 0.05) is 26.2 Å². The summed E-state index contributed by atoms with van der Waals surface area (Å²) >= 11 is 0. The molecule has 0 radical (unpaired) electrons. The molecule has 5 nitrogen and oxygen atoms in total. The summed E-state index contributed by atoms with van der Waals surface area (Å²) in [6.07, 6.45) is 0.505. The summed E-state index contributed by atoms with van der Waals surface area (Å²) < 4.78 is 5.78. The molecule has 0 aliphatic carbocycles. The van der Waals surface area contributed by atoms with Crippen molar-refractivity contribution in [1.29, 1.82) is 0 Å². The first-order valence-corrected chi connectivity index (χ1v) is 8.59. The Morgan fingerprint density at radius 3 is 2.20 bits per heavy atom. The van der Waals surface area contributed by atoms with Crippen LogP contribution in [0.4, 0.5) is 0 Å². The Hall–Kier alpha value is -2.37. The van der Waals surface area contributed by atoms with Crippen molar-refractivity contribution in [3.8, 4) is 11.5 Å². The normalized spacial score (nSPS) is 17.2. The molecule has 1 heterocycles. The Bertz CT molecular complexity index is 680. The first-order valence-electron chi connectivity index (χ1n) is 8.59. The number of piperazine rings is 1. The predicted octanol–water partition coefficient (Wildman–Crippen LogP) is 2.72. The van der Waals surface area contributed by atoms with E-state index in [9.17, 15) is 9.90 Å². The van der Waals surface area contributed by atoms with Crippen LogP contribution in [0.15, 0.2) is 54.6 Å². The minimum Gasteiger partial charge on any atom is -0.480 e. The second-order valence-electron chi connectivity index (χ2n) is 6.46. The van der Waals surface area contributed by atoms with Crippen LogP contribution in [0.2, 0.25) is 0 Å². The summed E-state index contributed by atoms with van der Waals surface area (Å²) in [7, 11) is 2.07. The number of aliphatic carboxylic acids is 1. The fourth-order valence-electron chi connectivity index (χ4n) is 3.05. The number of carboxylic acid groups (broad SMARTS) is 1. The lowest BCUT2D eigenvalue weighted by atomic mass is 10.0. The first-order chi connectivity index (χ1) is 12.1. The molecule has 1 N–H and O–H groups in total. The van der Waals surface area contributed by atoms with Gasteiger partial charge in [-0.1, -0.05) is 30.3 Å². The Morgan fingerprint density at radius 1 is 1.00 bits per heavy atom. The Labute approximate surface area is 148 Å². The van der Waals surface area contributed by atoms with Gasteiger partial charge in [0.2, 0.25) is 0 Å². The molecule has 1 fully saturated rings. The molecule has 0 aromatic heterocycles. The SMILES string of the molecule is CN1CCN([C@@H](Cc2ccc(Oc3ccccc3)cc2)C(=O)O)CC1. The van der Waals surface area contributed by atoms with Crippen molar-refractivity contribution in [1.82, 2.24) is 9.80 Å². The van der Waals surface area contributed by atoms with Gasteiger partial charge >= 0.3 is 5.97 Å². The average molecular weight is 340 g/mol. The van der Waals surface area contributed by atoms with Crippen LogP contribution >= 0.6 is 0 Å².